The molecule has 0 bridgehead atoms. The molecule has 0 saturated heterocycles. The first-order valence-corrected chi connectivity index (χ1v) is 9.65. The molecule has 3 aliphatic carbocycles. The molecule has 0 aliphatic heterocycles. The van der Waals surface area contributed by atoms with Gasteiger partial charge in [0, 0.05) is 17.9 Å². The number of carboxylic acid groups (broad SMARTS) is 1. The van der Waals surface area contributed by atoms with Crippen LogP contribution in [0.4, 0.5) is 0 Å². The molecular formula is C20H27NO4. The molecule has 0 spiro atoms. The second-order valence-corrected chi connectivity index (χ2v) is 8.21. The summed E-state index contributed by atoms with van der Waals surface area (Å²) >= 11 is 0. The van der Waals surface area contributed by atoms with Crippen molar-refractivity contribution in [3.63, 3.8) is 0 Å². The second kappa shape index (κ2) is 6.50. The number of amides is 1. The smallest absolute Gasteiger partial charge is 0.306 e. The Morgan fingerprint density at radius 3 is 2.32 bits per heavy atom. The van der Waals surface area contributed by atoms with Crippen LogP contribution in [0.2, 0.25) is 0 Å². The maximum absolute atomic E-state index is 13.0. The molecule has 1 N–H and O–H groups in total. The number of furan rings is 1. The molecule has 3 saturated carbocycles. The topological polar surface area (TPSA) is 70.8 Å². The first-order valence-electron chi connectivity index (χ1n) is 9.65. The van der Waals surface area contributed by atoms with E-state index in [2.05, 4.69) is 13.0 Å². The molecule has 0 aromatic carbocycles. The number of carbonyl (C=O) groups excluding carboxylic acids is 1. The van der Waals surface area contributed by atoms with Gasteiger partial charge in [0.1, 0.15) is 11.5 Å². The quantitative estimate of drug-likeness (QED) is 0.851. The normalized spacial score (nSPS) is 31.6. The summed E-state index contributed by atoms with van der Waals surface area (Å²) in [6, 6.07) is 4.43. The lowest BCUT2D eigenvalue weighted by Crippen LogP contribution is -2.39. The SMILES string of the molecule is C[C@H]1C[C@H]1c1ccc(CN(C(=O)C2CCC(C(=O)O)CC2)C2CC2)o1. The molecule has 2 atom stereocenters. The van der Waals surface area contributed by atoms with Crippen molar-refractivity contribution in [2.24, 2.45) is 17.8 Å². The lowest BCUT2D eigenvalue weighted by atomic mass is 9.81. The van der Waals surface area contributed by atoms with Gasteiger partial charge in [0.15, 0.2) is 0 Å². The Morgan fingerprint density at radius 2 is 1.76 bits per heavy atom. The molecule has 0 radical (unpaired) electrons. The van der Waals surface area contributed by atoms with Gasteiger partial charge in [-0.3, -0.25) is 9.59 Å². The van der Waals surface area contributed by atoms with E-state index in [9.17, 15) is 9.59 Å². The fourth-order valence-corrected chi connectivity index (χ4v) is 4.16. The largest absolute Gasteiger partial charge is 0.481 e. The predicted molar refractivity (Wildman–Crippen MR) is 91.9 cm³/mol. The minimum Gasteiger partial charge on any atom is -0.481 e. The molecule has 1 heterocycles. The first-order chi connectivity index (χ1) is 12.0. The monoisotopic (exact) mass is 345 g/mol. The van der Waals surface area contributed by atoms with Crippen molar-refractivity contribution < 1.29 is 19.1 Å². The average Bonchev–Trinajstić information content (AvgIpc) is 3.53. The summed E-state index contributed by atoms with van der Waals surface area (Å²) in [6.45, 7) is 2.80. The number of carbonyl (C=O) groups is 2. The molecule has 5 heteroatoms. The summed E-state index contributed by atoms with van der Waals surface area (Å²) in [7, 11) is 0. The standard InChI is InChI=1S/C20H27NO4/c1-12-10-17(12)18-9-8-16(25-18)11-21(15-6-7-15)19(22)13-2-4-14(5-3-13)20(23)24/h8-9,12-15,17H,2-7,10-11H2,1H3,(H,23,24)/t12-,13?,14?,17+/m0/s1. The minimum atomic E-state index is -0.720. The molecule has 1 aromatic heterocycles. The molecule has 3 aliphatic rings. The van der Waals surface area contributed by atoms with Crippen LogP contribution in [-0.2, 0) is 16.1 Å². The third kappa shape index (κ3) is 3.60. The zero-order valence-corrected chi connectivity index (χ0v) is 14.8. The van der Waals surface area contributed by atoms with Gasteiger partial charge < -0.3 is 14.4 Å². The maximum Gasteiger partial charge on any atom is 0.306 e. The first kappa shape index (κ1) is 16.7. The summed E-state index contributed by atoms with van der Waals surface area (Å²) in [4.78, 5) is 26.1. The van der Waals surface area contributed by atoms with Crippen LogP contribution >= 0.6 is 0 Å². The highest BCUT2D eigenvalue weighted by Gasteiger charge is 2.39. The number of hydrogen-bond acceptors (Lipinski definition) is 3. The van der Waals surface area contributed by atoms with Crippen LogP contribution in [0, 0.1) is 17.8 Å². The Morgan fingerprint density at radius 1 is 1.12 bits per heavy atom. The highest BCUT2D eigenvalue weighted by atomic mass is 16.4. The van der Waals surface area contributed by atoms with Crippen LogP contribution < -0.4 is 0 Å². The van der Waals surface area contributed by atoms with E-state index in [4.69, 9.17) is 9.52 Å². The molecular weight excluding hydrogens is 318 g/mol. The fourth-order valence-electron chi connectivity index (χ4n) is 4.16. The number of rotatable bonds is 6. The van der Waals surface area contributed by atoms with Gasteiger partial charge in [0.2, 0.25) is 5.91 Å². The van der Waals surface area contributed by atoms with Crippen LogP contribution in [0.3, 0.4) is 0 Å². The van der Waals surface area contributed by atoms with E-state index in [1.807, 2.05) is 11.0 Å². The Kier molecular flexibility index (Phi) is 4.34. The van der Waals surface area contributed by atoms with Crippen molar-refractivity contribution in [1.82, 2.24) is 4.90 Å². The maximum atomic E-state index is 13.0. The molecule has 0 unspecified atom stereocenters. The number of carboxylic acids is 1. The third-order valence-corrected chi connectivity index (χ3v) is 6.18. The van der Waals surface area contributed by atoms with Crippen molar-refractivity contribution in [2.75, 3.05) is 0 Å². The summed E-state index contributed by atoms with van der Waals surface area (Å²) in [5, 5.41) is 9.13. The average molecular weight is 345 g/mol. The highest BCUT2D eigenvalue weighted by Crippen LogP contribution is 2.47. The van der Waals surface area contributed by atoms with Gasteiger partial charge >= 0.3 is 5.97 Å². The Labute approximate surface area is 148 Å². The Hall–Kier alpha value is -1.78. The van der Waals surface area contributed by atoms with Crippen molar-refractivity contribution >= 4 is 11.9 Å². The zero-order valence-electron chi connectivity index (χ0n) is 14.8. The van der Waals surface area contributed by atoms with Gasteiger partial charge in [-0.15, -0.1) is 0 Å². The van der Waals surface area contributed by atoms with E-state index >= 15 is 0 Å². The lowest BCUT2D eigenvalue weighted by Gasteiger charge is -2.30. The zero-order chi connectivity index (χ0) is 17.6. The Balaban J connectivity index is 1.38. The van der Waals surface area contributed by atoms with Gasteiger partial charge in [-0.2, -0.15) is 0 Å². The van der Waals surface area contributed by atoms with E-state index in [1.54, 1.807) is 0 Å². The van der Waals surface area contributed by atoms with Crippen LogP contribution in [0.1, 0.15) is 69.3 Å². The van der Waals surface area contributed by atoms with E-state index in [0.717, 1.165) is 24.4 Å². The van der Waals surface area contributed by atoms with Crippen molar-refractivity contribution in [3.05, 3.63) is 23.7 Å². The predicted octanol–water partition coefficient (Wildman–Crippen LogP) is 3.79. The van der Waals surface area contributed by atoms with E-state index in [-0.39, 0.29) is 17.7 Å². The van der Waals surface area contributed by atoms with Crippen LogP contribution in [0.25, 0.3) is 0 Å². The summed E-state index contributed by atoms with van der Waals surface area (Å²) < 4.78 is 6.00. The summed E-state index contributed by atoms with van der Waals surface area (Å²) in [5.41, 5.74) is 0. The molecule has 25 heavy (non-hydrogen) atoms. The van der Waals surface area contributed by atoms with Crippen molar-refractivity contribution in [3.8, 4) is 0 Å². The third-order valence-electron chi connectivity index (χ3n) is 6.18. The summed E-state index contributed by atoms with van der Waals surface area (Å²) in [6.07, 6.45) is 5.98. The number of hydrogen-bond donors (Lipinski definition) is 1. The molecule has 5 nitrogen and oxygen atoms in total. The van der Waals surface area contributed by atoms with Crippen LogP contribution in [0.5, 0.6) is 0 Å². The van der Waals surface area contributed by atoms with Gasteiger partial charge in [0.25, 0.3) is 0 Å². The van der Waals surface area contributed by atoms with Gasteiger partial charge in [-0.05, 0) is 63.0 Å². The van der Waals surface area contributed by atoms with E-state index < -0.39 is 5.97 Å². The van der Waals surface area contributed by atoms with Crippen molar-refractivity contribution in [2.45, 2.75) is 70.4 Å². The molecule has 136 valence electrons. The molecule has 1 aromatic rings. The van der Waals surface area contributed by atoms with Gasteiger partial charge in [0.05, 0.1) is 12.5 Å². The van der Waals surface area contributed by atoms with Crippen LogP contribution in [-0.4, -0.2) is 27.9 Å². The minimum absolute atomic E-state index is 0.0194. The van der Waals surface area contributed by atoms with Crippen LogP contribution in [0.15, 0.2) is 16.5 Å². The Bertz CT molecular complexity index is 654. The van der Waals surface area contributed by atoms with Crippen molar-refractivity contribution in [1.29, 1.82) is 0 Å². The summed E-state index contributed by atoms with van der Waals surface area (Å²) in [5.74, 6) is 2.41. The van der Waals surface area contributed by atoms with E-state index in [0.29, 0.717) is 50.1 Å². The second-order valence-electron chi connectivity index (χ2n) is 8.21. The van der Waals surface area contributed by atoms with Gasteiger partial charge in [-0.25, -0.2) is 0 Å². The van der Waals surface area contributed by atoms with Gasteiger partial charge in [-0.1, -0.05) is 6.92 Å². The molecule has 4 rings (SSSR count). The number of nitrogens with zero attached hydrogens (tertiary/aromatic N) is 1. The molecule has 3 fully saturated rings. The van der Waals surface area contributed by atoms with E-state index in [1.165, 1.54) is 6.42 Å². The highest BCUT2D eigenvalue weighted by molar-refractivity contribution is 5.80. The fraction of sp³-hybridized carbons (Fsp3) is 0.700. The number of aliphatic carboxylic acids is 1. The molecule has 1 amide bonds. The lowest BCUT2D eigenvalue weighted by molar-refractivity contribution is -0.146.